The Morgan fingerprint density at radius 2 is 2.10 bits per heavy atom. The zero-order chi connectivity index (χ0) is 14.5. The number of β-amino-alcohol motifs (C(OH)–C–C–N with tert-alkyl or cyclic N) is 1. The molecule has 0 atom stereocenters. The third-order valence-electron chi connectivity index (χ3n) is 3.87. The maximum atomic E-state index is 12.4. The molecule has 0 radical (unpaired) electrons. The van der Waals surface area contributed by atoms with E-state index in [1.165, 1.54) is 0 Å². The fourth-order valence-corrected chi connectivity index (χ4v) is 2.60. The molecule has 1 aliphatic heterocycles. The summed E-state index contributed by atoms with van der Waals surface area (Å²) in [5, 5.41) is 12.9. The van der Waals surface area contributed by atoms with E-state index in [1.54, 1.807) is 0 Å². The van der Waals surface area contributed by atoms with E-state index in [1.807, 2.05) is 18.7 Å². The summed E-state index contributed by atoms with van der Waals surface area (Å²) in [6.45, 7) is 7.84. The number of aryl methyl sites for hydroxylation is 2. The van der Waals surface area contributed by atoms with Crippen LogP contribution in [0.4, 0.5) is 0 Å². The van der Waals surface area contributed by atoms with Crippen LogP contribution >= 0.6 is 0 Å². The highest BCUT2D eigenvalue weighted by molar-refractivity contribution is 5.79. The SMILES string of the molecule is Cc1noc(C)c1CC(=O)N1CCCN(CCO)CC1. The zero-order valence-electron chi connectivity index (χ0n) is 12.3. The van der Waals surface area contributed by atoms with Crippen molar-refractivity contribution in [3.63, 3.8) is 0 Å². The largest absolute Gasteiger partial charge is 0.395 e. The monoisotopic (exact) mass is 281 g/mol. The van der Waals surface area contributed by atoms with Gasteiger partial charge in [0.2, 0.25) is 5.91 Å². The van der Waals surface area contributed by atoms with Crippen LogP contribution in [0.3, 0.4) is 0 Å². The maximum absolute atomic E-state index is 12.4. The Morgan fingerprint density at radius 1 is 1.30 bits per heavy atom. The van der Waals surface area contributed by atoms with Gasteiger partial charge in [-0.1, -0.05) is 5.16 Å². The predicted molar refractivity (Wildman–Crippen MR) is 74.4 cm³/mol. The molecular formula is C14H23N3O3. The van der Waals surface area contributed by atoms with Gasteiger partial charge in [0.1, 0.15) is 5.76 Å². The molecule has 0 unspecified atom stereocenters. The van der Waals surface area contributed by atoms with Crippen LogP contribution in [0.2, 0.25) is 0 Å². The molecule has 6 nitrogen and oxygen atoms in total. The molecule has 0 saturated carbocycles. The average Bonchev–Trinajstić information content (AvgIpc) is 2.66. The highest BCUT2D eigenvalue weighted by Gasteiger charge is 2.21. The number of hydrogen-bond donors (Lipinski definition) is 1. The first-order chi connectivity index (χ1) is 9.61. The molecule has 0 aromatic carbocycles. The third kappa shape index (κ3) is 3.58. The fourth-order valence-electron chi connectivity index (χ4n) is 2.60. The molecule has 1 aliphatic rings. The van der Waals surface area contributed by atoms with Gasteiger partial charge in [-0.3, -0.25) is 9.69 Å². The quantitative estimate of drug-likeness (QED) is 0.863. The standard InChI is InChI=1S/C14H23N3O3/c1-11-13(12(2)20-15-11)10-14(19)17-5-3-4-16(6-7-17)8-9-18/h18H,3-10H2,1-2H3. The molecule has 1 amide bonds. The van der Waals surface area contributed by atoms with E-state index in [9.17, 15) is 4.79 Å². The summed E-state index contributed by atoms with van der Waals surface area (Å²) in [5.74, 6) is 0.859. The second kappa shape index (κ2) is 6.85. The van der Waals surface area contributed by atoms with E-state index in [0.717, 1.165) is 49.6 Å². The molecular weight excluding hydrogens is 258 g/mol. The normalized spacial score (nSPS) is 17.2. The molecule has 0 spiro atoms. The van der Waals surface area contributed by atoms with Crippen molar-refractivity contribution in [1.29, 1.82) is 0 Å². The number of amides is 1. The van der Waals surface area contributed by atoms with Gasteiger partial charge < -0.3 is 14.5 Å². The van der Waals surface area contributed by atoms with Crippen molar-refractivity contribution in [2.45, 2.75) is 26.7 Å². The van der Waals surface area contributed by atoms with Crippen LogP contribution in [0.15, 0.2) is 4.52 Å². The zero-order valence-corrected chi connectivity index (χ0v) is 12.3. The van der Waals surface area contributed by atoms with E-state index >= 15 is 0 Å². The molecule has 2 rings (SSSR count). The van der Waals surface area contributed by atoms with Crippen LogP contribution in [-0.4, -0.2) is 65.3 Å². The van der Waals surface area contributed by atoms with Gasteiger partial charge in [-0.05, 0) is 26.8 Å². The Balaban J connectivity index is 1.93. The van der Waals surface area contributed by atoms with E-state index < -0.39 is 0 Å². The Bertz CT molecular complexity index is 439. The van der Waals surface area contributed by atoms with Gasteiger partial charge in [-0.25, -0.2) is 0 Å². The van der Waals surface area contributed by atoms with Gasteiger partial charge in [0, 0.05) is 31.7 Å². The highest BCUT2D eigenvalue weighted by atomic mass is 16.5. The number of nitrogens with zero attached hydrogens (tertiary/aromatic N) is 3. The van der Waals surface area contributed by atoms with Crippen LogP contribution in [0.5, 0.6) is 0 Å². The summed E-state index contributed by atoms with van der Waals surface area (Å²) >= 11 is 0. The Labute approximate surface area is 119 Å². The van der Waals surface area contributed by atoms with Crippen molar-refractivity contribution in [1.82, 2.24) is 15.0 Å². The second-order valence-electron chi connectivity index (χ2n) is 5.28. The van der Waals surface area contributed by atoms with E-state index in [-0.39, 0.29) is 12.5 Å². The van der Waals surface area contributed by atoms with Crippen molar-refractivity contribution >= 4 is 5.91 Å². The number of aliphatic hydroxyl groups excluding tert-OH is 1. The molecule has 20 heavy (non-hydrogen) atoms. The smallest absolute Gasteiger partial charge is 0.227 e. The van der Waals surface area contributed by atoms with Crippen molar-refractivity contribution in [3.05, 3.63) is 17.0 Å². The Kier molecular flexibility index (Phi) is 5.14. The van der Waals surface area contributed by atoms with Gasteiger partial charge in [-0.2, -0.15) is 0 Å². The van der Waals surface area contributed by atoms with Crippen molar-refractivity contribution in [3.8, 4) is 0 Å². The molecule has 112 valence electrons. The molecule has 1 N–H and O–H groups in total. The first-order valence-corrected chi connectivity index (χ1v) is 7.14. The molecule has 0 bridgehead atoms. The van der Waals surface area contributed by atoms with Crippen molar-refractivity contribution < 1.29 is 14.4 Å². The fraction of sp³-hybridized carbons (Fsp3) is 0.714. The number of rotatable bonds is 4. The first-order valence-electron chi connectivity index (χ1n) is 7.14. The second-order valence-corrected chi connectivity index (χ2v) is 5.28. The molecule has 1 aromatic heterocycles. The topological polar surface area (TPSA) is 69.8 Å². The van der Waals surface area contributed by atoms with Crippen LogP contribution in [0.1, 0.15) is 23.4 Å². The number of hydrogen-bond acceptors (Lipinski definition) is 5. The summed E-state index contributed by atoms with van der Waals surface area (Å²) in [4.78, 5) is 16.5. The molecule has 0 aliphatic carbocycles. The van der Waals surface area contributed by atoms with Gasteiger partial charge in [-0.15, -0.1) is 0 Å². The molecule has 2 heterocycles. The number of carbonyl (C=O) groups excluding carboxylic acids is 1. The summed E-state index contributed by atoms with van der Waals surface area (Å²) in [7, 11) is 0. The predicted octanol–water partition coefficient (Wildman–Crippen LogP) is 0.361. The van der Waals surface area contributed by atoms with Gasteiger partial charge in [0.05, 0.1) is 18.7 Å². The maximum Gasteiger partial charge on any atom is 0.227 e. The number of carbonyl (C=O) groups is 1. The number of aromatic nitrogens is 1. The lowest BCUT2D eigenvalue weighted by atomic mass is 10.1. The molecule has 1 saturated heterocycles. The summed E-state index contributed by atoms with van der Waals surface area (Å²) in [6.07, 6.45) is 1.31. The van der Waals surface area contributed by atoms with E-state index in [0.29, 0.717) is 13.0 Å². The highest BCUT2D eigenvalue weighted by Crippen LogP contribution is 2.14. The lowest BCUT2D eigenvalue weighted by Crippen LogP contribution is -2.36. The van der Waals surface area contributed by atoms with Crippen LogP contribution in [-0.2, 0) is 11.2 Å². The third-order valence-corrected chi connectivity index (χ3v) is 3.87. The van der Waals surface area contributed by atoms with Crippen molar-refractivity contribution in [2.24, 2.45) is 0 Å². The van der Waals surface area contributed by atoms with Crippen LogP contribution in [0, 0.1) is 13.8 Å². The van der Waals surface area contributed by atoms with Gasteiger partial charge in [0.25, 0.3) is 0 Å². The van der Waals surface area contributed by atoms with Gasteiger partial charge in [0.15, 0.2) is 0 Å². The minimum atomic E-state index is 0.130. The summed E-state index contributed by atoms with van der Waals surface area (Å²) < 4.78 is 5.10. The van der Waals surface area contributed by atoms with E-state index in [2.05, 4.69) is 10.1 Å². The van der Waals surface area contributed by atoms with E-state index in [4.69, 9.17) is 9.63 Å². The first kappa shape index (κ1) is 15.0. The summed E-state index contributed by atoms with van der Waals surface area (Å²) in [6, 6.07) is 0. The average molecular weight is 281 g/mol. The Morgan fingerprint density at radius 3 is 2.75 bits per heavy atom. The minimum Gasteiger partial charge on any atom is -0.395 e. The molecule has 6 heteroatoms. The summed E-state index contributed by atoms with van der Waals surface area (Å²) in [5.41, 5.74) is 1.71. The lowest BCUT2D eigenvalue weighted by Gasteiger charge is -2.21. The number of aliphatic hydroxyl groups is 1. The van der Waals surface area contributed by atoms with Crippen LogP contribution < -0.4 is 0 Å². The molecule has 1 fully saturated rings. The van der Waals surface area contributed by atoms with Crippen LogP contribution in [0.25, 0.3) is 0 Å². The lowest BCUT2D eigenvalue weighted by molar-refractivity contribution is -0.130. The van der Waals surface area contributed by atoms with Crippen molar-refractivity contribution in [2.75, 3.05) is 39.3 Å². The van der Waals surface area contributed by atoms with Gasteiger partial charge >= 0.3 is 0 Å². The minimum absolute atomic E-state index is 0.130. The Hall–Kier alpha value is -1.40. The molecule has 1 aromatic rings.